The lowest BCUT2D eigenvalue weighted by Crippen LogP contribution is -2.22. The Morgan fingerprint density at radius 1 is 1.10 bits per heavy atom. The van der Waals surface area contributed by atoms with E-state index in [2.05, 4.69) is 52.1 Å². The second-order valence-corrected chi connectivity index (χ2v) is 5.85. The quantitative estimate of drug-likeness (QED) is 0.861. The monoisotopic (exact) mass is 287 g/mol. The zero-order chi connectivity index (χ0) is 15.4. The summed E-state index contributed by atoms with van der Waals surface area (Å²) in [7, 11) is 0. The number of nitrogens with one attached hydrogen (secondary N) is 1. The van der Waals surface area contributed by atoms with Gasteiger partial charge in [0, 0.05) is 18.2 Å². The molecule has 0 amide bonds. The van der Waals surface area contributed by atoms with Crippen LogP contribution in [0.4, 0.5) is 0 Å². The van der Waals surface area contributed by atoms with Crippen molar-refractivity contribution in [3.63, 3.8) is 0 Å². The summed E-state index contributed by atoms with van der Waals surface area (Å²) in [5.41, 5.74) is 4.76. The number of hydrogen-bond acceptors (Lipinski definition) is 3. The third-order valence-electron chi connectivity index (χ3n) is 3.76. The summed E-state index contributed by atoms with van der Waals surface area (Å²) in [6, 6.07) is 6.68. The molecule has 0 aliphatic rings. The van der Waals surface area contributed by atoms with Crippen molar-refractivity contribution in [3.05, 3.63) is 52.5 Å². The molecule has 0 radical (unpaired) electrons. The summed E-state index contributed by atoms with van der Waals surface area (Å²) < 4.78 is 11.6. The van der Waals surface area contributed by atoms with Crippen LogP contribution in [-0.2, 0) is 13.2 Å². The standard InChI is InChI=1S/C18H25NO2/c1-12(2)19-10-16-8-9-20-17(16)11-21-18-14(4)7-6-13(3)15(18)5/h6-9,12,19H,10-11H2,1-5H3. The van der Waals surface area contributed by atoms with Crippen LogP contribution in [0.2, 0.25) is 0 Å². The van der Waals surface area contributed by atoms with Gasteiger partial charge in [0.15, 0.2) is 0 Å². The van der Waals surface area contributed by atoms with E-state index in [0.717, 1.165) is 29.2 Å². The molecular weight excluding hydrogens is 262 g/mol. The highest BCUT2D eigenvalue weighted by Gasteiger charge is 2.11. The Labute approximate surface area is 127 Å². The van der Waals surface area contributed by atoms with E-state index in [-0.39, 0.29) is 0 Å². The molecule has 114 valence electrons. The van der Waals surface area contributed by atoms with Crippen LogP contribution in [-0.4, -0.2) is 6.04 Å². The van der Waals surface area contributed by atoms with E-state index in [1.807, 2.05) is 6.07 Å². The molecule has 0 saturated heterocycles. The number of furan rings is 1. The van der Waals surface area contributed by atoms with Crippen molar-refractivity contribution in [1.29, 1.82) is 0 Å². The summed E-state index contributed by atoms with van der Waals surface area (Å²) in [6.07, 6.45) is 1.73. The van der Waals surface area contributed by atoms with Crippen LogP contribution in [0.25, 0.3) is 0 Å². The molecule has 0 aliphatic heterocycles. The van der Waals surface area contributed by atoms with Gasteiger partial charge in [0.2, 0.25) is 0 Å². The first kappa shape index (κ1) is 15.6. The topological polar surface area (TPSA) is 34.4 Å². The first-order valence-corrected chi connectivity index (χ1v) is 7.47. The van der Waals surface area contributed by atoms with Crippen LogP contribution < -0.4 is 10.1 Å². The zero-order valence-electron chi connectivity index (χ0n) is 13.6. The predicted octanol–water partition coefficient (Wildman–Crippen LogP) is 4.28. The van der Waals surface area contributed by atoms with Crippen molar-refractivity contribution in [2.45, 2.75) is 53.8 Å². The molecule has 1 N–H and O–H groups in total. The van der Waals surface area contributed by atoms with E-state index in [4.69, 9.17) is 9.15 Å². The molecule has 0 unspecified atom stereocenters. The van der Waals surface area contributed by atoms with Gasteiger partial charge in [-0.25, -0.2) is 0 Å². The molecule has 0 atom stereocenters. The van der Waals surface area contributed by atoms with E-state index < -0.39 is 0 Å². The van der Waals surface area contributed by atoms with Crippen molar-refractivity contribution in [3.8, 4) is 5.75 Å². The van der Waals surface area contributed by atoms with Crippen molar-refractivity contribution in [2.75, 3.05) is 0 Å². The van der Waals surface area contributed by atoms with Crippen molar-refractivity contribution in [1.82, 2.24) is 5.32 Å². The highest BCUT2D eigenvalue weighted by Crippen LogP contribution is 2.27. The number of hydrogen-bond donors (Lipinski definition) is 1. The van der Waals surface area contributed by atoms with Crippen LogP contribution in [0.3, 0.4) is 0 Å². The summed E-state index contributed by atoms with van der Waals surface area (Å²) in [5, 5.41) is 3.40. The molecule has 0 bridgehead atoms. The average Bonchev–Trinajstić information content (AvgIpc) is 2.88. The minimum absolute atomic E-state index is 0.454. The smallest absolute Gasteiger partial charge is 0.146 e. The summed E-state index contributed by atoms with van der Waals surface area (Å²) in [6.45, 7) is 11.8. The van der Waals surface area contributed by atoms with Gasteiger partial charge in [0.05, 0.1) is 6.26 Å². The fourth-order valence-electron chi connectivity index (χ4n) is 2.25. The van der Waals surface area contributed by atoms with Crippen LogP contribution >= 0.6 is 0 Å². The Balaban J connectivity index is 2.07. The van der Waals surface area contributed by atoms with E-state index in [1.54, 1.807) is 6.26 Å². The molecular formula is C18H25NO2. The molecule has 0 aliphatic carbocycles. The van der Waals surface area contributed by atoms with E-state index >= 15 is 0 Å². The highest BCUT2D eigenvalue weighted by atomic mass is 16.5. The molecule has 21 heavy (non-hydrogen) atoms. The SMILES string of the molecule is Cc1ccc(C)c(OCc2occc2CNC(C)C)c1C. The van der Waals surface area contributed by atoms with E-state index in [1.165, 1.54) is 11.1 Å². The van der Waals surface area contributed by atoms with Gasteiger partial charge in [-0.2, -0.15) is 0 Å². The van der Waals surface area contributed by atoms with Gasteiger partial charge in [-0.05, 0) is 43.5 Å². The van der Waals surface area contributed by atoms with Gasteiger partial charge in [0.25, 0.3) is 0 Å². The predicted molar refractivity (Wildman–Crippen MR) is 85.7 cm³/mol. The molecule has 1 aromatic heterocycles. The molecule has 1 aromatic carbocycles. The number of ether oxygens (including phenoxy) is 1. The summed E-state index contributed by atoms with van der Waals surface area (Å²) in [4.78, 5) is 0. The van der Waals surface area contributed by atoms with E-state index in [0.29, 0.717) is 12.6 Å². The minimum Gasteiger partial charge on any atom is -0.485 e. The Morgan fingerprint density at radius 3 is 2.52 bits per heavy atom. The highest BCUT2D eigenvalue weighted by molar-refractivity contribution is 5.44. The third-order valence-corrected chi connectivity index (χ3v) is 3.76. The second-order valence-electron chi connectivity index (χ2n) is 5.85. The lowest BCUT2D eigenvalue weighted by Gasteiger charge is -2.14. The molecule has 0 fully saturated rings. The van der Waals surface area contributed by atoms with Gasteiger partial charge in [-0.3, -0.25) is 0 Å². The van der Waals surface area contributed by atoms with Crippen LogP contribution in [0.15, 0.2) is 28.9 Å². The molecule has 0 spiro atoms. The maximum atomic E-state index is 6.02. The molecule has 0 saturated carbocycles. The van der Waals surface area contributed by atoms with Crippen molar-refractivity contribution >= 4 is 0 Å². The van der Waals surface area contributed by atoms with Gasteiger partial charge in [0.1, 0.15) is 18.1 Å². The normalized spacial score (nSPS) is 11.1. The molecule has 2 aromatic rings. The fourth-order valence-corrected chi connectivity index (χ4v) is 2.25. The Bertz CT molecular complexity index is 599. The van der Waals surface area contributed by atoms with Gasteiger partial charge < -0.3 is 14.5 Å². The van der Waals surface area contributed by atoms with Crippen LogP contribution in [0.5, 0.6) is 5.75 Å². The van der Waals surface area contributed by atoms with Crippen LogP contribution in [0, 0.1) is 20.8 Å². The molecule has 1 heterocycles. The van der Waals surface area contributed by atoms with Gasteiger partial charge in [-0.1, -0.05) is 26.0 Å². The van der Waals surface area contributed by atoms with Crippen molar-refractivity contribution in [2.24, 2.45) is 0 Å². The van der Waals surface area contributed by atoms with Gasteiger partial charge >= 0.3 is 0 Å². The second kappa shape index (κ2) is 6.81. The first-order valence-electron chi connectivity index (χ1n) is 7.47. The summed E-state index contributed by atoms with van der Waals surface area (Å²) in [5.74, 6) is 1.86. The lowest BCUT2D eigenvalue weighted by atomic mass is 10.1. The third kappa shape index (κ3) is 3.88. The van der Waals surface area contributed by atoms with E-state index in [9.17, 15) is 0 Å². The largest absolute Gasteiger partial charge is 0.485 e. The molecule has 3 heteroatoms. The molecule has 2 rings (SSSR count). The fraction of sp³-hybridized carbons (Fsp3) is 0.444. The Kier molecular flexibility index (Phi) is 5.07. The summed E-state index contributed by atoms with van der Waals surface area (Å²) >= 11 is 0. The maximum absolute atomic E-state index is 6.02. The van der Waals surface area contributed by atoms with Gasteiger partial charge in [-0.15, -0.1) is 0 Å². The maximum Gasteiger partial charge on any atom is 0.146 e. The number of benzene rings is 1. The first-order chi connectivity index (χ1) is 9.99. The zero-order valence-corrected chi connectivity index (χ0v) is 13.6. The number of rotatable bonds is 6. The Morgan fingerprint density at radius 2 is 1.81 bits per heavy atom. The number of aryl methyl sites for hydroxylation is 2. The average molecular weight is 287 g/mol. The van der Waals surface area contributed by atoms with Crippen LogP contribution in [0.1, 0.15) is 41.9 Å². The molecule has 3 nitrogen and oxygen atoms in total. The Hall–Kier alpha value is -1.74. The lowest BCUT2D eigenvalue weighted by molar-refractivity contribution is 0.264. The minimum atomic E-state index is 0.454. The van der Waals surface area contributed by atoms with Crippen molar-refractivity contribution < 1.29 is 9.15 Å².